The number of thioether (sulfide) groups is 1. The van der Waals surface area contributed by atoms with Gasteiger partial charge in [0, 0.05) is 16.2 Å². The minimum absolute atomic E-state index is 0.0473. The van der Waals surface area contributed by atoms with Crippen molar-refractivity contribution in [1.29, 1.82) is 0 Å². The van der Waals surface area contributed by atoms with Gasteiger partial charge >= 0.3 is 0 Å². The van der Waals surface area contributed by atoms with Crippen LogP contribution in [0.15, 0.2) is 46.4 Å². The molecule has 0 aliphatic heterocycles. The summed E-state index contributed by atoms with van der Waals surface area (Å²) in [7, 11) is 0. The molecule has 1 aromatic rings. The Hall–Kier alpha value is -1.29. The molecule has 18 heavy (non-hydrogen) atoms. The molecule has 0 saturated heterocycles. The maximum Gasteiger partial charge on any atom is 0.229 e. The van der Waals surface area contributed by atoms with Gasteiger partial charge in [-0.2, -0.15) is 0 Å². The highest BCUT2D eigenvalue weighted by Crippen LogP contribution is 2.37. The third kappa shape index (κ3) is 2.93. The van der Waals surface area contributed by atoms with Gasteiger partial charge in [0.05, 0.1) is 5.25 Å². The molecule has 1 aliphatic rings. The minimum atomic E-state index is -0.459. The van der Waals surface area contributed by atoms with E-state index in [1.54, 1.807) is 11.8 Å². The van der Waals surface area contributed by atoms with E-state index < -0.39 is 6.04 Å². The van der Waals surface area contributed by atoms with Gasteiger partial charge in [-0.15, -0.1) is 11.8 Å². The van der Waals surface area contributed by atoms with E-state index in [1.807, 2.05) is 37.3 Å². The highest BCUT2D eigenvalue weighted by molar-refractivity contribution is 8.00. The molecular formula is C14H17NO2S. The van der Waals surface area contributed by atoms with E-state index in [0.29, 0.717) is 6.42 Å². The van der Waals surface area contributed by atoms with Crippen molar-refractivity contribution in [2.75, 3.05) is 0 Å². The Morgan fingerprint density at radius 2 is 1.78 bits per heavy atom. The van der Waals surface area contributed by atoms with E-state index >= 15 is 0 Å². The van der Waals surface area contributed by atoms with Crippen molar-refractivity contribution in [3.8, 4) is 0 Å². The van der Waals surface area contributed by atoms with Gasteiger partial charge in [0.2, 0.25) is 6.04 Å². The smallest absolute Gasteiger partial charge is 0.229 e. The quantitative estimate of drug-likeness (QED) is 0.471. The Labute approximate surface area is 111 Å². The predicted molar refractivity (Wildman–Crippen MR) is 74.5 cm³/mol. The molecule has 0 heterocycles. The van der Waals surface area contributed by atoms with E-state index in [0.717, 1.165) is 11.3 Å². The van der Waals surface area contributed by atoms with Crippen LogP contribution in [-0.4, -0.2) is 16.2 Å². The maximum absolute atomic E-state index is 11.2. The highest BCUT2D eigenvalue weighted by atomic mass is 32.2. The number of nitrogens with zero attached hydrogens (tertiary/aromatic N) is 1. The van der Waals surface area contributed by atoms with Gasteiger partial charge in [-0.1, -0.05) is 29.3 Å². The molecule has 0 saturated carbocycles. The minimum Gasteiger partial charge on any atom is -0.264 e. The highest BCUT2D eigenvalue weighted by Gasteiger charge is 2.36. The average molecular weight is 263 g/mol. The molecule has 96 valence electrons. The molecule has 2 atom stereocenters. The van der Waals surface area contributed by atoms with Gasteiger partial charge in [-0.3, -0.25) is 10.1 Å². The molecule has 0 bridgehead atoms. The van der Waals surface area contributed by atoms with Crippen LogP contribution in [0.2, 0.25) is 0 Å². The van der Waals surface area contributed by atoms with Crippen LogP contribution in [0.4, 0.5) is 0 Å². The lowest BCUT2D eigenvalue weighted by molar-refractivity contribution is -0.521. The van der Waals surface area contributed by atoms with Gasteiger partial charge in [0.1, 0.15) is 0 Å². The second-order valence-electron chi connectivity index (χ2n) is 4.79. The lowest BCUT2D eigenvalue weighted by Crippen LogP contribution is -2.35. The molecule has 3 nitrogen and oxygen atoms in total. The summed E-state index contributed by atoms with van der Waals surface area (Å²) < 4.78 is 0. The maximum atomic E-state index is 11.2. The predicted octanol–water partition coefficient (Wildman–Crippen LogP) is 3.92. The monoisotopic (exact) mass is 263 g/mol. The van der Waals surface area contributed by atoms with Gasteiger partial charge in [0.25, 0.3) is 0 Å². The van der Waals surface area contributed by atoms with Crippen LogP contribution in [0.1, 0.15) is 26.7 Å². The number of hydrogen-bond acceptors (Lipinski definition) is 3. The Morgan fingerprint density at radius 1 is 1.17 bits per heavy atom. The molecule has 4 heteroatoms. The molecule has 2 rings (SSSR count). The van der Waals surface area contributed by atoms with Crippen molar-refractivity contribution in [1.82, 2.24) is 0 Å². The lowest BCUT2D eigenvalue weighted by Gasteiger charge is -2.27. The summed E-state index contributed by atoms with van der Waals surface area (Å²) in [6.45, 7) is 4.10. The fourth-order valence-electron chi connectivity index (χ4n) is 2.24. The Morgan fingerprint density at radius 3 is 2.39 bits per heavy atom. The molecule has 0 fully saturated rings. The number of nitro groups is 1. The van der Waals surface area contributed by atoms with Crippen molar-refractivity contribution in [2.24, 2.45) is 0 Å². The van der Waals surface area contributed by atoms with Crippen molar-refractivity contribution >= 4 is 11.8 Å². The Kier molecular flexibility index (Phi) is 4.07. The zero-order valence-electron chi connectivity index (χ0n) is 10.6. The van der Waals surface area contributed by atoms with Gasteiger partial charge in [0.15, 0.2) is 0 Å². The van der Waals surface area contributed by atoms with Gasteiger partial charge < -0.3 is 0 Å². The summed E-state index contributed by atoms with van der Waals surface area (Å²) in [4.78, 5) is 12.2. The fourth-order valence-corrected chi connectivity index (χ4v) is 3.59. The molecule has 1 aliphatic carbocycles. The summed E-state index contributed by atoms with van der Waals surface area (Å²) in [6, 6.07) is 9.48. The second-order valence-corrected chi connectivity index (χ2v) is 6.10. The van der Waals surface area contributed by atoms with Gasteiger partial charge in [-0.05, 0) is 32.4 Å². The first-order valence-electron chi connectivity index (χ1n) is 6.08. The van der Waals surface area contributed by atoms with Gasteiger partial charge in [-0.25, -0.2) is 0 Å². The Balaban J connectivity index is 2.17. The normalized spacial score (nSPS) is 24.1. The molecule has 0 amide bonds. The van der Waals surface area contributed by atoms with Crippen LogP contribution >= 0.6 is 11.8 Å². The number of benzene rings is 1. The van der Waals surface area contributed by atoms with E-state index in [4.69, 9.17) is 0 Å². The number of hydrogen-bond donors (Lipinski definition) is 0. The first-order valence-corrected chi connectivity index (χ1v) is 6.96. The molecule has 0 aromatic heterocycles. The van der Waals surface area contributed by atoms with E-state index in [1.165, 1.54) is 11.1 Å². The summed E-state index contributed by atoms with van der Waals surface area (Å²) in [5.41, 5.74) is 2.49. The third-order valence-corrected chi connectivity index (χ3v) is 4.81. The SMILES string of the molecule is CC1=C(C)C[C@@H](Sc2ccccc2)[C@H]([N+](=O)[O-])C1. The fraction of sp³-hybridized carbons (Fsp3) is 0.429. The summed E-state index contributed by atoms with van der Waals surface area (Å²) >= 11 is 1.63. The zero-order chi connectivity index (χ0) is 13.1. The van der Waals surface area contributed by atoms with Crippen molar-refractivity contribution in [3.05, 3.63) is 51.6 Å². The van der Waals surface area contributed by atoms with Crippen LogP contribution in [0, 0.1) is 10.1 Å². The first kappa shape index (κ1) is 13.1. The Bertz CT molecular complexity index is 470. The topological polar surface area (TPSA) is 43.1 Å². The van der Waals surface area contributed by atoms with Crippen molar-refractivity contribution in [2.45, 2.75) is 42.9 Å². The molecule has 0 unspecified atom stereocenters. The summed E-state index contributed by atoms with van der Waals surface area (Å²) in [6.07, 6.45) is 1.40. The summed E-state index contributed by atoms with van der Waals surface area (Å²) in [5, 5.41) is 11.2. The molecule has 0 N–H and O–H groups in total. The van der Waals surface area contributed by atoms with Crippen molar-refractivity contribution < 1.29 is 4.92 Å². The molecule has 0 spiro atoms. The first-order chi connectivity index (χ1) is 8.58. The van der Waals surface area contributed by atoms with Crippen molar-refractivity contribution in [3.63, 3.8) is 0 Å². The number of rotatable bonds is 3. The van der Waals surface area contributed by atoms with Crippen LogP contribution in [0.5, 0.6) is 0 Å². The molecule has 1 aromatic carbocycles. The lowest BCUT2D eigenvalue weighted by atomic mass is 9.90. The van der Waals surface area contributed by atoms with E-state index in [2.05, 4.69) is 6.92 Å². The summed E-state index contributed by atoms with van der Waals surface area (Å²) in [5.74, 6) is 0. The third-order valence-electron chi connectivity index (χ3n) is 3.48. The van der Waals surface area contributed by atoms with Crippen LogP contribution < -0.4 is 0 Å². The van der Waals surface area contributed by atoms with E-state index in [9.17, 15) is 10.1 Å². The average Bonchev–Trinajstić information content (AvgIpc) is 2.34. The van der Waals surface area contributed by atoms with E-state index in [-0.39, 0.29) is 10.2 Å². The number of allylic oxidation sites excluding steroid dienone is 1. The zero-order valence-corrected chi connectivity index (χ0v) is 11.4. The molecule has 0 radical (unpaired) electrons. The van der Waals surface area contributed by atoms with Crippen LogP contribution in [0.3, 0.4) is 0 Å². The molecular weight excluding hydrogens is 246 g/mol. The second kappa shape index (κ2) is 5.57. The van der Waals surface area contributed by atoms with Crippen LogP contribution in [0.25, 0.3) is 0 Å². The standard InChI is InChI=1S/C14H17NO2S/c1-10-8-13(15(16)17)14(9-11(10)2)18-12-6-4-3-5-7-12/h3-7,13-14H,8-9H2,1-2H3/t13-,14-/m1/s1. The largest absolute Gasteiger partial charge is 0.264 e. The van der Waals surface area contributed by atoms with Crippen LogP contribution in [-0.2, 0) is 0 Å².